The van der Waals surface area contributed by atoms with Crippen LogP contribution in [0, 0.1) is 0 Å². The average Bonchev–Trinajstić information content (AvgIpc) is 3.04. The lowest BCUT2D eigenvalue weighted by Crippen LogP contribution is -2.41. The van der Waals surface area contributed by atoms with E-state index in [0.717, 1.165) is 4.88 Å². The fourth-order valence-corrected chi connectivity index (χ4v) is 3.25. The molecule has 2 N–H and O–H groups in total. The Balaban J connectivity index is 2.24. The summed E-state index contributed by atoms with van der Waals surface area (Å²) >= 11 is 1.30. The van der Waals surface area contributed by atoms with Crippen LogP contribution >= 0.6 is 11.3 Å². The van der Waals surface area contributed by atoms with Gasteiger partial charge in [-0.2, -0.15) is 0 Å². The number of hydrogen-bond donors (Lipinski definition) is 2. The lowest BCUT2D eigenvalue weighted by molar-refractivity contribution is 0.00578. The maximum Gasteiger partial charge on any atom is 0.492 e. The van der Waals surface area contributed by atoms with Gasteiger partial charge in [0.15, 0.2) is 0 Å². The molecule has 0 radical (unpaired) electrons. The minimum Gasteiger partial charge on any atom is -0.478 e. The number of rotatable bonds is 5. The largest absolute Gasteiger partial charge is 0.492 e. The number of nitrogens with one attached hydrogen (secondary N) is 1. The van der Waals surface area contributed by atoms with Crippen molar-refractivity contribution in [2.24, 2.45) is 0 Å². The summed E-state index contributed by atoms with van der Waals surface area (Å²) in [6.45, 7) is 13.3. The third kappa shape index (κ3) is 5.59. The maximum atomic E-state index is 12.1. The van der Waals surface area contributed by atoms with Crippen LogP contribution in [0.25, 0.3) is 6.08 Å². The van der Waals surface area contributed by atoms with E-state index in [1.54, 1.807) is 38.3 Å². The summed E-state index contributed by atoms with van der Waals surface area (Å²) in [7, 11) is -0.671. The summed E-state index contributed by atoms with van der Waals surface area (Å²) in [5.41, 5.74) is -0.801. The van der Waals surface area contributed by atoms with E-state index in [-0.39, 0.29) is 12.1 Å². The van der Waals surface area contributed by atoms with Crippen LogP contribution in [0.5, 0.6) is 0 Å². The normalized spacial score (nSPS) is 18.8. The van der Waals surface area contributed by atoms with Gasteiger partial charge in [0.25, 0.3) is 0 Å². The predicted molar refractivity (Wildman–Crippen MR) is 110 cm³/mol. The fourth-order valence-electron chi connectivity index (χ4n) is 2.41. The molecule has 1 aliphatic heterocycles. The van der Waals surface area contributed by atoms with E-state index in [1.165, 1.54) is 11.3 Å². The molecule has 1 saturated heterocycles. The smallest absolute Gasteiger partial charge is 0.478 e. The van der Waals surface area contributed by atoms with Gasteiger partial charge in [-0.05, 0) is 66.1 Å². The first-order chi connectivity index (χ1) is 12.7. The lowest BCUT2D eigenvalue weighted by Gasteiger charge is -2.32. The van der Waals surface area contributed by atoms with Crippen molar-refractivity contribution in [2.45, 2.75) is 65.3 Å². The zero-order chi connectivity index (χ0) is 21.3. The van der Waals surface area contributed by atoms with Crippen LogP contribution in [0.1, 0.15) is 63.7 Å². The van der Waals surface area contributed by atoms with E-state index in [1.807, 2.05) is 27.7 Å². The highest BCUT2D eigenvalue weighted by Gasteiger charge is 2.52. The number of thiophene rings is 1. The topological polar surface area (TPSA) is 94.1 Å². The third-order valence-electron chi connectivity index (χ3n) is 4.59. The molecule has 2 heterocycles. The van der Waals surface area contributed by atoms with Crippen LogP contribution in [-0.2, 0) is 14.0 Å². The summed E-state index contributed by atoms with van der Waals surface area (Å²) in [5, 5.41) is 13.4. The molecule has 0 spiro atoms. The number of hydrogen-bond acceptors (Lipinski definition) is 6. The molecular formula is C19H28BNO6S. The van der Waals surface area contributed by atoms with Gasteiger partial charge < -0.3 is 24.5 Å². The predicted octanol–water partition coefficient (Wildman–Crippen LogP) is 3.99. The molecule has 0 bridgehead atoms. The maximum absolute atomic E-state index is 12.1. The fraction of sp³-hybridized carbons (Fsp3) is 0.579. The Hall–Kier alpha value is -1.84. The molecule has 1 fully saturated rings. The van der Waals surface area contributed by atoms with Gasteiger partial charge in [0.1, 0.15) is 5.60 Å². The van der Waals surface area contributed by atoms with E-state index in [4.69, 9.17) is 19.2 Å². The summed E-state index contributed by atoms with van der Waals surface area (Å²) in [4.78, 5) is 23.9. The number of alkyl carbamates (subject to hydrolysis) is 1. The molecule has 154 valence electrons. The summed E-state index contributed by atoms with van der Waals surface area (Å²) in [6.07, 6.45) is 1.24. The van der Waals surface area contributed by atoms with Crippen LogP contribution in [0.2, 0.25) is 0 Å². The number of carbonyl (C=O) groups excluding carboxylic acids is 1. The lowest BCUT2D eigenvalue weighted by atomic mass is 9.77. The summed E-state index contributed by atoms with van der Waals surface area (Å²) in [6, 6.07) is 1.58. The molecule has 0 unspecified atom stereocenters. The van der Waals surface area contributed by atoms with Crippen LogP contribution in [-0.4, -0.2) is 47.6 Å². The standard InChI is InChI=1S/C19H28BNO6S/c1-17(2,3)25-16(24)21-10-13(9-14-8-12(11-28-14)15(22)23)20-26-18(4,5)19(6,7)27-20/h8-9,11H,10H2,1-7H3,(H,21,24)(H,22,23). The molecule has 1 aliphatic rings. The van der Waals surface area contributed by atoms with Gasteiger partial charge in [-0.15, -0.1) is 11.3 Å². The molecule has 9 heteroatoms. The molecule has 0 atom stereocenters. The minimum atomic E-state index is -0.986. The SMILES string of the molecule is CC(C)(C)OC(=O)NCC(=Cc1cc(C(=O)O)cs1)B1OC(C)(C)C(C)(C)O1. The van der Waals surface area contributed by atoms with Crippen molar-refractivity contribution in [3.8, 4) is 0 Å². The van der Waals surface area contributed by atoms with Gasteiger partial charge in [-0.1, -0.05) is 0 Å². The molecule has 7 nitrogen and oxygen atoms in total. The first-order valence-electron chi connectivity index (χ1n) is 9.05. The van der Waals surface area contributed by atoms with Crippen LogP contribution in [0.15, 0.2) is 16.9 Å². The summed E-state index contributed by atoms with van der Waals surface area (Å²) < 4.78 is 17.5. The molecule has 1 amide bonds. The third-order valence-corrected chi connectivity index (χ3v) is 5.47. The van der Waals surface area contributed by atoms with E-state index in [9.17, 15) is 9.59 Å². The highest BCUT2D eigenvalue weighted by atomic mass is 32.1. The van der Waals surface area contributed by atoms with Crippen molar-refractivity contribution in [2.75, 3.05) is 6.54 Å². The van der Waals surface area contributed by atoms with Crippen molar-refractivity contribution < 1.29 is 28.7 Å². The van der Waals surface area contributed by atoms with Crippen molar-refractivity contribution >= 4 is 36.6 Å². The Morgan fingerprint density at radius 1 is 1.25 bits per heavy atom. The zero-order valence-electron chi connectivity index (χ0n) is 17.4. The van der Waals surface area contributed by atoms with Crippen LogP contribution in [0.3, 0.4) is 0 Å². The average molecular weight is 409 g/mol. The van der Waals surface area contributed by atoms with Crippen molar-refractivity contribution in [3.63, 3.8) is 0 Å². The van der Waals surface area contributed by atoms with Gasteiger partial charge in [-0.25, -0.2) is 9.59 Å². The highest BCUT2D eigenvalue weighted by Crippen LogP contribution is 2.39. The van der Waals surface area contributed by atoms with Gasteiger partial charge in [0.2, 0.25) is 0 Å². The first-order valence-corrected chi connectivity index (χ1v) is 9.93. The molecule has 1 aromatic heterocycles. The minimum absolute atomic E-state index is 0.145. The molecule has 0 saturated carbocycles. The Morgan fingerprint density at radius 3 is 2.29 bits per heavy atom. The van der Waals surface area contributed by atoms with Crippen LogP contribution < -0.4 is 5.32 Å². The number of carboxylic acid groups (broad SMARTS) is 1. The summed E-state index contributed by atoms with van der Waals surface area (Å²) in [5.74, 6) is -0.986. The number of aromatic carboxylic acids is 1. The monoisotopic (exact) mass is 409 g/mol. The number of carboxylic acids is 1. The number of ether oxygens (including phenoxy) is 1. The van der Waals surface area contributed by atoms with E-state index in [0.29, 0.717) is 5.47 Å². The molecule has 0 aromatic carbocycles. The molecule has 1 aromatic rings. The van der Waals surface area contributed by atoms with Crippen LogP contribution in [0.4, 0.5) is 4.79 Å². The van der Waals surface area contributed by atoms with E-state index < -0.39 is 36.0 Å². The Labute approximate surface area is 170 Å². The zero-order valence-corrected chi connectivity index (χ0v) is 18.2. The molecular weight excluding hydrogens is 381 g/mol. The van der Waals surface area contributed by atoms with Gasteiger partial charge in [0, 0.05) is 16.8 Å². The van der Waals surface area contributed by atoms with Crippen molar-refractivity contribution in [1.82, 2.24) is 5.32 Å². The Morgan fingerprint density at radius 2 is 1.82 bits per heavy atom. The highest BCUT2D eigenvalue weighted by molar-refractivity contribution is 7.11. The quantitative estimate of drug-likeness (QED) is 0.715. The second kappa shape index (κ2) is 7.89. The molecule has 2 rings (SSSR count). The molecule has 28 heavy (non-hydrogen) atoms. The number of carbonyl (C=O) groups is 2. The van der Waals surface area contributed by atoms with Crippen molar-refractivity contribution in [3.05, 3.63) is 27.4 Å². The second-order valence-electron chi connectivity index (χ2n) is 8.71. The first kappa shape index (κ1) is 22.5. The van der Waals surface area contributed by atoms with Crippen molar-refractivity contribution in [1.29, 1.82) is 0 Å². The number of amides is 1. The second-order valence-corrected chi connectivity index (χ2v) is 9.65. The van der Waals surface area contributed by atoms with Gasteiger partial charge >= 0.3 is 19.2 Å². The van der Waals surface area contributed by atoms with E-state index in [2.05, 4.69) is 5.32 Å². The Bertz CT molecular complexity index is 762. The van der Waals surface area contributed by atoms with Gasteiger partial charge in [0.05, 0.1) is 16.8 Å². The molecule has 0 aliphatic carbocycles. The van der Waals surface area contributed by atoms with E-state index >= 15 is 0 Å². The Kier molecular flexibility index (Phi) is 6.32. The van der Waals surface area contributed by atoms with Gasteiger partial charge in [-0.3, -0.25) is 0 Å².